The highest BCUT2D eigenvalue weighted by molar-refractivity contribution is 7.99. The van der Waals surface area contributed by atoms with Crippen molar-refractivity contribution in [1.82, 2.24) is 4.57 Å². The molecule has 3 rings (SSSR count). The van der Waals surface area contributed by atoms with Crippen molar-refractivity contribution >= 4 is 63.8 Å². The van der Waals surface area contributed by atoms with E-state index in [4.69, 9.17) is 34.8 Å². The molecule has 2 heterocycles. The van der Waals surface area contributed by atoms with E-state index in [1.807, 2.05) is 23.9 Å². The third kappa shape index (κ3) is 3.64. The SMILES string of the molecule is Cn1c(C(=O)Nc2ccc(N3CCSCC3)c(Cl)c2)cc(Cl)c1Cl. The van der Waals surface area contributed by atoms with Gasteiger partial charge in [-0.05, 0) is 24.3 Å². The van der Waals surface area contributed by atoms with Crippen LogP contribution in [0.15, 0.2) is 24.3 Å². The molecule has 1 saturated heterocycles. The summed E-state index contributed by atoms with van der Waals surface area (Å²) in [7, 11) is 1.69. The van der Waals surface area contributed by atoms with Crippen LogP contribution in [-0.4, -0.2) is 35.1 Å². The second-order valence-corrected chi connectivity index (χ2v) is 7.84. The summed E-state index contributed by atoms with van der Waals surface area (Å²) < 4.78 is 1.54. The van der Waals surface area contributed by atoms with E-state index in [1.54, 1.807) is 23.7 Å². The van der Waals surface area contributed by atoms with Crippen molar-refractivity contribution in [2.24, 2.45) is 7.05 Å². The summed E-state index contributed by atoms with van der Waals surface area (Å²) in [5.41, 5.74) is 2.02. The number of amides is 1. The number of nitrogens with one attached hydrogen (secondary N) is 1. The summed E-state index contributed by atoms with van der Waals surface area (Å²) in [6.07, 6.45) is 0. The lowest BCUT2D eigenvalue weighted by Gasteiger charge is -2.29. The molecule has 0 spiro atoms. The number of hydrogen-bond donors (Lipinski definition) is 1. The predicted octanol–water partition coefficient (Wildman–Crippen LogP) is 4.79. The van der Waals surface area contributed by atoms with Crippen LogP contribution in [0.2, 0.25) is 15.2 Å². The van der Waals surface area contributed by atoms with Gasteiger partial charge in [-0.25, -0.2) is 0 Å². The molecule has 0 bridgehead atoms. The molecule has 1 aliphatic heterocycles. The normalized spacial score (nSPS) is 14.8. The second-order valence-electron chi connectivity index (χ2n) is 5.45. The lowest BCUT2D eigenvalue weighted by molar-refractivity contribution is 0.101. The van der Waals surface area contributed by atoms with Crippen LogP contribution in [-0.2, 0) is 7.05 Å². The van der Waals surface area contributed by atoms with E-state index < -0.39 is 0 Å². The molecule has 1 aromatic heterocycles. The van der Waals surface area contributed by atoms with Gasteiger partial charge in [-0.3, -0.25) is 4.79 Å². The zero-order valence-electron chi connectivity index (χ0n) is 13.0. The van der Waals surface area contributed by atoms with Crippen molar-refractivity contribution in [2.75, 3.05) is 34.8 Å². The van der Waals surface area contributed by atoms with Crippen LogP contribution in [0.25, 0.3) is 0 Å². The number of carbonyl (C=O) groups is 1. The van der Waals surface area contributed by atoms with E-state index in [0.29, 0.717) is 26.6 Å². The highest BCUT2D eigenvalue weighted by Gasteiger charge is 2.18. The molecule has 0 atom stereocenters. The average Bonchev–Trinajstić information content (AvgIpc) is 2.83. The van der Waals surface area contributed by atoms with Crippen LogP contribution < -0.4 is 10.2 Å². The van der Waals surface area contributed by atoms with Crippen LogP contribution in [0.5, 0.6) is 0 Å². The van der Waals surface area contributed by atoms with Gasteiger partial charge in [0.1, 0.15) is 10.8 Å². The minimum absolute atomic E-state index is 0.288. The number of aromatic nitrogens is 1. The number of hydrogen-bond acceptors (Lipinski definition) is 3. The molecule has 24 heavy (non-hydrogen) atoms. The minimum atomic E-state index is -0.288. The van der Waals surface area contributed by atoms with E-state index in [-0.39, 0.29) is 5.91 Å². The fourth-order valence-corrected chi connectivity index (χ4v) is 4.18. The maximum absolute atomic E-state index is 12.4. The van der Waals surface area contributed by atoms with Crippen molar-refractivity contribution in [2.45, 2.75) is 0 Å². The highest BCUT2D eigenvalue weighted by atomic mass is 35.5. The molecule has 4 nitrogen and oxygen atoms in total. The van der Waals surface area contributed by atoms with Gasteiger partial charge in [0.15, 0.2) is 0 Å². The monoisotopic (exact) mass is 403 g/mol. The first-order valence-corrected chi connectivity index (χ1v) is 9.70. The van der Waals surface area contributed by atoms with E-state index in [1.165, 1.54) is 0 Å². The molecule has 128 valence electrons. The Morgan fingerprint density at radius 3 is 2.42 bits per heavy atom. The summed E-state index contributed by atoms with van der Waals surface area (Å²) in [5, 5.41) is 4.13. The Hall–Kier alpha value is -1.01. The number of nitrogens with zero attached hydrogens (tertiary/aromatic N) is 2. The summed E-state index contributed by atoms with van der Waals surface area (Å²) in [4.78, 5) is 14.7. The van der Waals surface area contributed by atoms with Crippen LogP contribution in [0.1, 0.15) is 10.5 Å². The number of halogens is 3. The maximum Gasteiger partial charge on any atom is 0.272 e. The van der Waals surface area contributed by atoms with Gasteiger partial charge in [0, 0.05) is 37.3 Å². The first kappa shape index (κ1) is 17.8. The number of anilines is 2. The Bertz CT molecular complexity index is 772. The lowest BCUT2D eigenvalue weighted by Crippen LogP contribution is -2.32. The number of rotatable bonds is 3. The minimum Gasteiger partial charge on any atom is -0.369 e. The first-order valence-electron chi connectivity index (χ1n) is 7.41. The van der Waals surface area contributed by atoms with Crippen molar-refractivity contribution in [3.8, 4) is 0 Å². The molecule has 1 fully saturated rings. The van der Waals surface area contributed by atoms with Crippen LogP contribution >= 0.6 is 46.6 Å². The molecule has 1 aromatic carbocycles. The van der Waals surface area contributed by atoms with E-state index in [2.05, 4.69) is 10.2 Å². The summed E-state index contributed by atoms with van der Waals surface area (Å²) in [5.74, 6) is 1.91. The maximum atomic E-state index is 12.4. The first-order chi connectivity index (χ1) is 11.5. The quantitative estimate of drug-likeness (QED) is 0.799. The third-order valence-corrected chi connectivity index (χ3v) is 5.99. The van der Waals surface area contributed by atoms with Crippen molar-refractivity contribution in [3.05, 3.63) is 45.2 Å². The molecule has 8 heteroatoms. The summed E-state index contributed by atoms with van der Waals surface area (Å²) in [6, 6.07) is 7.11. The van der Waals surface area contributed by atoms with Crippen molar-refractivity contribution in [3.63, 3.8) is 0 Å². The van der Waals surface area contributed by atoms with E-state index in [0.717, 1.165) is 30.3 Å². The zero-order valence-corrected chi connectivity index (χ0v) is 16.1. The Balaban J connectivity index is 1.76. The second kappa shape index (κ2) is 7.48. The molecule has 2 aromatic rings. The lowest BCUT2D eigenvalue weighted by atomic mass is 10.2. The predicted molar refractivity (Wildman–Crippen MR) is 104 cm³/mol. The van der Waals surface area contributed by atoms with Gasteiger partial charge >= 0.3 is 0 Å². The summed E-state index contributed by atoms with van der Waals surface area (Å²) >= 11 is 20.3. The van der Waals surface area contributed by atoms with Gasteiger partial charge in [-0.2, -0.15) is 11.8 Å². The molecule has 0 saturated carbocycles. The largest absolute Gasteiger partial charge is 0.369 e. The fraction of sp³-hybridized carbons (Fsp3) is 0.312. The highest BCUT2D eigenvalue weighted by Crippen LogP contribution is 2.31. The van der Waals surface area contributed by atoms with Gasteiger partial charge in [0.05, 0.1) is 15.7 Å². The number of thioether (sulfide) groups is 1. The fourth-order valence-electron chi connectivity index (χ4n) is 2.60. The molecule has 1 amide bonds. The average molecular weight is 405 g/mol. The van der Waals surface area contributed by atoms with Crippen molar-refractivity contribution in [1.29, 1.82) is 0 Å². The molecule has 1 N–H and O–H groups in total. The Labute approximate surface area is 160 Å². The van der Waals surface area contributed by atoms with E-state index >= 15 is 0 Å². The Kier molecular flexibility index (Phi) is 5.55. The van der Waals surface area contributed by atoms with Gasteiger partial charge in [0.2, 0.25) is 0 Å². The smallest absolute Gasteiger partial charge is 0.272 e. The Morgan fingerprint density at radius 2 is 1.83 bits per heavy atom. The zero-order chi connectivity index (χ0) is 17.3. The van der Waals surface area contributed by atoms with Gasteiger partial charge in [0.25, 0.3) is 5.91 Å². The molecule has 0 radical (unpaired) electrons. The number of benzene rings is 1. The molecule has 0 unspecified atom stereocenters. The van der Waals surface area contributed by atoms with Gasteiger partial charge < -0.3 is 14.8 Å². The third-order valence-electron chi connectivity index (χ3n) is 3.91. The van der Waals surface area contributed by atoms with Gasteiger partial charge in [-0.1, -0.05) is 34.8 Å². The van der Waals surface area contributed by atoms with Crippen LogP contribution in [0.3, 0.4) is 0 Å². The van der Waals surface area contributed by atoms with Crippen LogP contribution in [0.4, 0.5) is 11.4 Å². The molecular formula is C16H16Cl3N3OS. The Morgan fingerprint density at radius 1 is 1.12 bits per heavy atom. The molecule has 1 aliphatic rings. The standard InChI is InChI=1S/C16H16Cl3N3OS/c1-21-14(9-12(18)15(21)19)16(23)20-10-2-3-13(11(17)8-10)22-4-6-24-7-5-22/h2-3,8-9H,4-7H2,1H3,(H,20,23). The number of carbonyl (C=O) groups excluding carboxylic acids is 1. The van der Waals surface area contributed by atoms with E-state index in [9.17, 15) is 4.79 Å². The molecular weight excluding hydrogens is 389 g/mol. The summed E-state index contributed by atoms with van der Waals surface area (Å²) in [6.45, 7) is 1.97. The molecule has 0 aliphatic carbocycles. The van der Waals surface area contributed by atoms with Crippen LogP contribution in [0, 0.1) is 0 Å². The topological polar surface area (TPSA) is 37.3 Å². The van der Waals surface area contributed by atoms with Crippen molar-refractivity contribution < 1.29 is 4.79 Å². The van der Waals surface area contributed by atoms with Gasteiger partial charge in [-0.15, -0.1) is 0 Å².